The van der Waals surface area contributed by atoms with Crippen LogP contribution in [0.2, 0.25) is 25.6 Å². The summed E-state index contributed by atoms with van der Waals surface area (Å²) in [7, 11) is 9.48. The molecule has 0 saturated carbocycles. The number of amides is 4. The first-order valence-electron chi connectivity index (χ1n) is 34.9. The number of ether oxygens (including phenoxy) is 10. The lowest BCUT2D eigenvalue weighted by Crippen LogP contribution is -2.28. The van der Waals surface area contributed by atoms with E-state index in [4.69, 9.17) is 105 Å². The fourth-order valence-corrected chi connectivity index (χ4v) is 12.1. The molecule has 4 amide bonds. The molecule has 12 rings (SSSR count). The van der Waals surface area contributed by atoms with Gasteiger partial charge >= 0.3 is 0 Å². The van der Waals surface area contributed by atoms with Gasteiger partial charge in [0.05, 0.1) is 68.8 Å². The number of rotatable bonds is 26. The van der Waals surface area contributed by atoms with Crippen LogP contribution in [0.3, 0.4) is 0 Å². The molecule has 594 valence electrons. The summed E-state index contributed by atoms with van der Waals surface area (Å²) in [5, 5.41) is 1.59. The first kappa shape index (κ1) is 87.3. The van der Waals surface area contributed by atoms with Crippen molar-refractivity contribution in [2.45, 2.75) is 53.9 Å². The Bertz CT molecular complexity index is 5140. The zero-order chi connectivity index (χ0) is 82.7. The van der Waals surface area contributed by atoms with E-state index in [2.05, 4.69) is 42.5 Å². The first-order valence-corrected chi connectivity index (χ1v) is 37.8. The number of nitrogens with zero attached hydrogens (tertiary/aromatic N) is 8. The average Bonchev–Trinajstić information content (AvgIpc) is 0.833. The van der Waals surface area contributed by atoms with E-state index < -0.39 is 5.82 Å². The minimum atomic E-state index is -0.392. The van der Waals surface area contributed by atoms with Crippen molar-refractivity contribution in [1.82, 2.24) is 19.9 Å². The fraction of sp³-hybridized carbons (Fsp3) is 0.163. The molecule has 0 aliphatic heterocycles. The summed E-state index contributed by atoms with van der Waals surface area (Å²) >= 11 is 32.4. The molecule has 0 fully saturated rings. The highest BCUT2D eigenvalue weighted by Crippen LogP contribution is 2.41. The second-order valence-corrected chi connectivity index (χ2v) is 27.5. The van der Waals surface area contributed by atoms with Crippen LogP contribution in [0, 0.1) is 9.39 Å². The number of aromatic nitrogens is 4. The molecular formula is C86H77Cl5FIN8O14. The van der Waals surface area contributed by atoms with Gasteiger partial charge in [0.15, 0.2) is 0 Å². The predicted molar refractivity (Wildman–Crippen MR) is 453 cm³/mol. The number of carbonyl (C=O) groups excluding carboxylic acids is 4. The number of pyridine rings is 4. The highest BCUT2D eigenvalue weighted by Gasteiger charge is 2.27. The molecule has 12 aromatic rings. The molecule has 0 aliphatic rings. The fourth-order valence-electron chi connectivity index (χ4n) is 11.0. The molecule has 4 heterocycles. The van der Waals surface area contributed by atoms with Gasteiger partial charge in [-0.25, -0.2) is 4.39 Å². The van der Waals surface area contributed by atoms with Crippen LogP contribution in [-0.2, 0) is 45.4 Å². The van der Waals surface area contributed by atoms with Gasteiger partial charge in [0.1, 0.15) is 107 Å². The Balaban J connectivity index is 0.000000176. The second-order valence-electron chi connectivity index (χ2n) is 24.3. The number of para-hydroxylation sites is 3. The van der Waals surface area contributed by atoms with Crippen LogP contribution >= 0.6 is 80.6 Å². The van der Waals surface area contributed by atoms with Crippen LogP contribution in [-0.4, -0.2) is 86.2 Å². The van der Waals surface area contributed by atoms with Crippen molar-refractivity contribution in [2.75, 3.05) is 62.3 Å². The van der Waals surface area contributed by atoms with Gasteiger partial charge in [-0.2, -0.15) is 19.9 Å². The molecule has 29 heteroatoms. The first-order chi connectivity index (χ1) is 55.4. The Hall–Kier alpha value is -11.7. The lowest BCUT2D eigenvalue weighted by molar-refractivity contribution is -0.117. The van der Waals surface area contributed by atoms with E-state index in [9.17, 15) is 23.6 Å². The topological polar surface area (TPSA) is 225 Å². The molecule has 22 nitrogen and oxygen atoms in total. The third-order valence-electron chi connectivity index (χ3n) is 16.6. The summed E-state index contributed by atoms with van der Waals surface area (Å²) in [6.07, 6.45) is 0. The Morgan fingerprint density at radius 1 is 0.313 bits per heavy atom. The van der Waals surface area contributed by atoms with Gasteiger partial charge in [-0.05, 0) is 205 Å². The van der Waals surface area contributed by atoms with Gasteiger partial charge in [0.2, 0.25) is 47.1 Å². The summed E-state index contributed by atoms with van der Waals surface area (Å²) < 4.78 is 70.1. The molecule has 0 aliphatic carbocycles. The van der Waals surface area contributed by atoms with Crippen molar-refractivity contribution in [3.63, 3.8) is 0 Å². The molecule has 4 aromatic heterocycles. The SMILES string of the molecule is COc1ccc(OC)c(CN(C(C)=O)c2ccc(Cl)nc2Oc2ccc(F)cc2)c1.COc1ccc(OC)c(CN(C(C)=O)c2ccc(Cl)nc2Oc2ccc(I)cc2)c1.COc1ccccc1CN(C(C)=O)c1ccc(Cl)nc1Oc1ccc(Cl)cc1.COc1ccccc1CN(C(C)=O)c1ccc(Cl)nc1Oc1ccccc1. The summed E-state index contributed by atoms with van der Waals surface area (Å²) in [6, 6.07) is 68.1. The summed E-state index contributed by atoms with van der Waals surface area (Å²) in [5.41, 5.74) is 5.16. The normalized spacial score (nSPS) is 10.4. The van der Waals surface area contributed by atoms with Crippen LogP contribution in [0.1, 0.15) is 49.9 Å². The molecule has 0 bridgehead atoms. The van der Waals surface area contributed by atoms with Gasteiger partial charge in [-0.1, -0.05) is 113 Å². The second kappa shape index (κ2) is 43.0. The quantitative estimate of drug-likeness (QED) is 0.0363. The third kappa shape index (κ3) is 25.2. The van der Waals surface area contributed by atoms with E-state index in [0.29, 0.717) is 98.4 Å². The molecule has 0 saturated heterocycles. The van der Waals surface area contributed by atoms with E-state index in [0.717, 1.165) is 25.8 Å². The molecule has 0 spiro atoms. The summed E-state index contributed by atoms with van der Waals surface area (Å²) in [6.45, 7) is 6.92. The zero-order valence-electron chi connectivity index (χ0n) is 63.8. The minimum absolute atomic E-state index is 0.117. The van der Waals surface area contributed by atoms with Crippen LogP contribution < -0.4 is 67.0 Å². The maximum Gasteiger partial charge on any atom is 0.244 e. The standard InChI is InChI=1S/C22H20ClFN2O4.C22H20ClIN2O4.C21H18Cl2N2O3.C21H19ClN2O3/c2*1-14(27)26(13-15-12-18(28-2)8-10-20(15)29-3)19-9-11-21(23)25-22(19)30-17-6-4-16(24)5-7-17;1-14(26)25(13-15-5-3-4-6-19(15)27-2)18-11-12-20(23)24-21(18)28-17-9-7-16(22)8-10-17;1-15(25)24(14-16-8-6-7-11-19(16)26-2)18-12-13-20(22)23-21(18)27-17-9-4-3-5-10-17/h2*4-12H,13H2,1-3H3;3-12H,13H2,1-2H3;3-13H,14H2,1-2H3. The summed E-state index contributed by atoms with van der Waals surface area (Å²) in [5.74, 6) is 5.72. The van der Waals surface area contributed by atoms with Gasteiger partial charge in [-0.15, -0.1) is 0 Å². The Kier molecular flexibility index (Phi) is 32.7. The van der Waals surface area contributed by atoms with Crippen molar-refractivity contribution in [2.24, 2.45) is 0 Å². The molecular weight excluding hydrogens is 1690 g/mol. The van der Waals surface area contributed by atoms with E-state index in [1.807, 2.05) is 109 Å². The van der Waals surface area contributed by atoms with E-state index >= 15 is 0 Å². The number of halogens is 7. The predicted octanol–water partition coefficient (Wildman–Crippen LogP) is 21.8. The van der Waals surface area contributed by atoms with Crippen molar-refractivity contribution in [1.29, 1.82) is 0 Å². The zero-order valence-corrected chi connectivity index (χ0v) is 69.7. The third-order valence-corrected chi connectivity index (χ3v) is 18.4. The number of carbonyl (C=O) groups is 4. The van der Waals surface area contributed by atoms with E-state index in [1.165, 1.54) is 56.9 Å². The highest BCUT2D eigenvalue weighted by atomic mass is 127. The minimum Gasteiger partial charge on any atom is -0.497 e. The molecule has 0 unspecified atom stereocenters. The Morgan fingerprint density at radius 3 is 0.896 bits per heavy atom. The molecule has 0 radical (unpaired) electrons. The van der Waals surface area contributed by atoms with Crippen LogP contribution in [0.4, 0.5) is 27.1 Å². The number of hydrogen-bond acceptors (Lipinski definition) is 18. The average molecular weight is 1770 g/mol. The van der Waals surface area contributed by atoms with Gasteiger partial charge in [0.25, 0.3) is 0 Å². The molecule has 0 atom stereocenters. The lowest BCUT2D eigenvalue weighted by Gasteiger charge is -2.24. The maximum atomic E-state index is 13.2. The highest BCUT2D eigenvalue weighted by molar-refractivity contribution is 14.1. The molecule has 0 N–H and O–H groups in total. The van der Waals surface area contributed by atoms with E-state index in [-0.39, 0.29) is 80.9 Å². The Morgan fingerprint density at radius 2 is 0.583 bits per heavy atom. The van der Waals surface area contributed by atoms with Crippen LogP contribution in [0.15, 0.2) is 237 Å². The molecule has 8 aromatic carbocycles. The van der Waals surface area contributed by atoms with Gasteiger partial charge < -0.3 is 67.0 Å². The lowest BCUT2D eigenvalue weighted by atomic mass is 10.1. The summed E-state index contributed by atoms with van der Waals surface area (Å²) in [4.78, 5) is 73.2. The number of benzene rings is 8. The number of methoxy groups -OCH3 is 6. The largest absolute Gasteiger partial charge is 0.497 e. The number of hydrogen-bond donors (Lipinski definition) is 0. The van der Waals surface area contributed by atoms with Crippen molar-refractivity contribution >= 4 is 127 Å². The van der Waals surface area contributed by atoms with Gasteiger partial charge in [0, 0.05) is 58.5 Å². The monoisotopic (exact) mass is 1770 g/mol. The maximum absolute atomic E-state index is 13.2. The van der Waals surface area contributed by atoms with Crippen LogP contribution in [0.5, 0.6) is 81.0 Å². The smallest absolute Gasteiger partial charge is 0.244 e. The number of anilines is 4. The van der Waals surface area contributed by atoms with Crippen LogP contribution in [0.25, 0.3) is 0 Å². The van der Waals surface area contributed by atoms with Crippen molar-refractivity contribution < 1.29 is 70.9 Å². The Labute approximate surface area is 703 Å². The molecule has 115 heavy (non-hydrogen) atoms. The van der Waals surface area contributed by atoms with E-state index in [1.54, 1.807) is 160 Å². The van der Waals surface area contributed by atoms with Crippen molar-refractivity contribution in [3.8, 4) is 81.0 Å². The van der Waals surface area contributed by atoms with Crippen molar-refractivity contribution in [3.05, 3.63) is 294 Å². The van der Waals surface area contributed by atoms with Gasteiger partial charge in [-0.3, -0.25) is 19.2 Å².